The van der Waals surface area contributed by atoms with Gasteiger partial charge in [0, 0.05) is 11.3 Å². The van der Waals surface area contributed by atoms with Gasteiger partial charge < -0.3 is 5.32 Å². The van der Waals surface area contributed by atoms with Crippen LogP contribution >= 0.6 is 0 Å². The summed E-state index contributed by atoms with van der Waals surface area (Å²) in [5.74, 6) is 1.61. The van der Waals surface area contributed by atoms with Crippen LogP contribution in [0.4, 0.5) is 5.69 Å². The number of amides is 1. The maximum Gasteiger partial charge on any atom is 0.230 e. The van der Waals surface area contributed by atoms with Gasteiger partial charge in [0.25, 0.3) is 0 Å². The van der Waals surface area contributed by atoms with E-state index in [1.54, 1.807) is 0 Å². The second-order valence-electron chi connectivity index (χ2n) is 6.47. The highest BCUT2D eigenvalue weighted by Crippen LogP contribution is 2.75. The summed E-state index contributed by atoms with van der Waals surface area (Å²) < 4.78 is 1.89. The summed E-state index contributed by atoms with van der Waals surface area (Å²) in [7, 11) is 0. The van der Waals surface area contributed by atoms with Crippen molar-refractivity contribution in [1.29, 1.82) is 0 Å². The molecule has 3 fully saturated rings. The third kappa shape index (κ3) is 1.71. The lowest BCUT2D eigenvalue weighted by Crippen LogP contribution is -2.17. The molecule has 1 aromatic carbocycles. The second kappa shape index (κ2) is 3.69. The van der Waals surface area contributed by atoms with Crippen LogP contribution in [0.3, 0.4) is 0 Å². The molecule has 1 amide bonds. The van der Waals surface area contributed by atoms with Gasteiger partial charge in [0.05, 0.1) is 11.5 Å². The Hall–Kier alpha value is -2.24. The van der Waals surface area contributed by atoms with E-state index in [0.717, 1.165) is 42.8 Å². The van der Waals surface area contributed by atoms with Crippen molar-refractivity contribution >= 4 is 11.6 Å². The molecule has 0 spiro atoms. The Morgan fingerprint density at radius 2 is 2.14 bits per heavy atom. The van der Waals surface area contributed by atoms with Gasteiger partial charge in [-0.1, -0.05) is 12.1 Å². The predicted molar refractivity (Wildman–Crippen MR) is 75.3 cm³/mol. The molecule has 5 rings (SSSR count). The molecule has 106 valence electrons. The molecule has 0 atom stereocenters. The first kappa shape index (κ1) is 11.4. The van der Waals surface area contributed by atoms with Gasteiger partial charge in [-0.15, -0.1) is 5.10 Å². The number of rotatable bonds is 4. The van der Waals surface area contributed by atoms with Crippen molar-refractivity contribution in [2.75, 3.05) is 5.32 Å². The lowest BCUT2D eigenvalue weighted by Gasteiger charge is -2.09. The fourth-order valence-electron chi connectivity index (χ4n) is 3.01. The van der Waals surface area contributed by atoms with Crippen LogP contribution < -0.4 is 5.32 Å². The average Bonchev–Trinajstić information content (AvgIpc) is 3.36. The number of nitrogens with zero attached hydrogens (tertiary/aromatic N) is 4. The van der Waals surface area contributed by atoms with Crippen molar-refractivity contribution in [3.63, 3.8) is 0 Å². The molecule has 1 aromatic heterocycles. The molecule has 3 aliphatic rings. The van der Waals surface area contributed by atoms with Gasteiger partial charge in [-0.3, -0.25) is 4.79 Å². The Morgan fingerprint density at radius 3 is 2.86 bits per heavy atom. The number of fused-ring (bicyclic) bond motifs is 1. The SMILES string of the molecule is O=C(Nc1cccc(-c2nnnn2C2CC2)c1)C12CC1C2. The molecule has 6 nitrogen and oxygen atoms in total. The summed E-state index contributed by atoms with van der Waals surface area (Å²) in [6.45, 7) is 0. The number of anilines is 1. The van der Waals surface area contributed by atoms with E-state index in [9.17, 15) is 4.79 Å². The minimum absolute atomic E-state index is 0.00834. The summed E-state index contributed by atoms with van der Waals surface area (Å²) in [5.41, 5.74) is 1.77. The van der Waals surface area contributed by atoms with Crippen LogP contribution in [0.25, 0.3) is 11.4 Å². The van der Waals surface area contributed by atoms with Crippen LogP contribution in [0.5, 0.6) is 0 Å². The number of hydrogen-bond donors (Lipinski definition) is 1. The number of hydrogen-bond acceptors (Lipinski definition) is 4. The van der Waals surface area contributed by atoms with E-state index in [-0.39, 0.29) is 11.3 Å². The minimum atomic E-state index is -0.00834. The maximum absolute atomic E-state index is 12.2. The van der Waals surface area contributed by atoms with E-state index < -0.39 is 0 Å². The number of aromatic nitrogens is 4. The molecule has 6 heteroatoms. The first-order chi connectivity index (χ1) is 10.3. The molecule has 0 saturated heterocycles. The number of benzene rings is 1. The Bertz CT molecular complexity index is 742. The largest absolute Gasteiger partial charge is 0.326 e. The molecule has 1 N–H and O–H groups in total. The zero-order valence-electron chi connectivity index (χ0n) is 11.5. The van der Waals surface area contributed by atoms with E-state index in [0.29, 0.717) is 12.0 Å². The number of carbonyl (C=O) groups excluding carboxylic acids is 1. The fourth-order valence-corrected chi connectivity index (χ4v) is 3.01. The standard InChI is InChI=1S/C15H15N5O/c21-14(15-7-10(15)8-15)16-11-3-1-2-9(6-11)13-17-18-19-20(13)12-4-5-12/h1-3,6,10,12H,4-5,7-8H2,(H,16,21). The van der Waals surface area contributed by atoms with Crippen molar-refractivity contribution in [3.05, 3.63) is 24.3 Å². The highest BCUT2D eigenvalue weighted by atomic mass is 16.2. The molecule has 21 heavy (non-hydrogen) atoms. The zero-order chi connectivity index (χ0) is 14.0. The first-order valence-corrected chi connectivity index (χ1v) is 7.46. The van der Waals surface area contributed by atoms with Crippen LogP contribution in [-0.2, 0) is 4.79 Å². The lowest BCUT2D eigenvalue weighted by molar-refractivity contribution is -0.119. The number of carbonyl (C=O) groups is 1. The van der Waals surface area contributed by atoms with Crippen molar-refractivity contribution in [1.82, 2.24) is 20.2 Å². The molecule has 0 unspecified atom stereocenters. The van der Waals surface area contributed by atoms with Gasteiger partial charge in [-0.25, -0.2) is 4.68 Å². The van der Waals surface area contributed by atoms with Gasteiger partial charge in [0.2, 0.25) is 5.91 Å². The molecule has 3 aliphatic carbocycles. The van der Waals surface area contributed by atoms with Gasteiger partial charge >= 0.3 is 0 Å². The zero-order valence-corrected chi connectivity index (χ0v) is 11.5. The van der Waals surface area contributed by atoms with Crippen LogP contribution in [0.1, 0.15) is 31.7 Å². The Kier molecular flexibility index (Phi) is 2.01. The van der Waals surface area contributed by atoms with E-state index in [4.69, 9.17) is 0 Å². The van der Waals surface area contributed by atoms with Crippen molar-refractivity contribution in [2.24, 2.45) is 11.3 Å². The summed E-state index contributed by atoms with van der Waals surface area (Å²) in [4.78, 5) is 12.2. The quantitative estimate of drug-likeness (QED) is 0.930. The fraction of sp³-hybridized carbons (Fsp3) is 0.467. The highest BCUT2D eigenvalue weighted by molar-refractivity contribution is 6.00. The molecule has 1 heterocycles. The lowest BCUT2D eigenvalue weighted by atomic mass is 10.1. The van der Waals surface area contributed by atoms with Gasteiger partial charge in [0.1, 0.15) is 0 Å². The number of nitrogens with one attached hydrogen (secondary N) is 1. The molecule has 2 aromatic rings. The highest BCUT2D eigenvalue weighted by Gasteiger charge is 2.74. The van der Waals surface area contributed by atoms with Crippen LogP contribution in [0.2, 0.25) is 0 Å². The van der Waals surface area contributed by atoms with Crippen LogP contribution in [-0.4, -0.2) is 26.1 Å². The normalized spacial score (nSPS) is 28.9. The molecular weight excluding hydrogens is 266 g/mol. The first-order valence-electron chi connectivity index (χ1n) is 7.46. The Morgan fingerprint density at radius 1 is 1.33 bits per heavy atom. The topological polar surface area (TPSA) is 72.7 Å². The number of tetrazole rings is 1. The Balaban J connectivity index is 1.43. The van der Waals surface area contributed by atoms with Crippen molar-refractivity contribution in [2.45, 2.75) is 31.7 Å². The summed E-state index contributed by atoms with van der Waals surface area (Å²) in [5, 5.41) is 15.0. The van der Waals surface area contributed by atoms with Gasteiger partial charge in [0.15, 0.2) is 5.82 Å². The minimum Gasteiger partial charge on any atom is -0.326 e. The third-order valence-electron chi connectivity index (χ3n) is 4.90. The second-order valence-corrected chi connectivity index (χ2v) is 6.47. The molecule has 3 saturated carbocycles. The monoisotopic (exact) mass is 281 g/mol. The van der Waals surface area contributed by atoms with E-state index >= 15 is 0 Å². The van der Waals surface area contributed by atoms with Crippen LogP contribution in [0.15, 0.2) is 24.3 Å². The van der Waals surface area contributed by atoms with Gasteiger partial charge in [-0.2, -0.15) is 0 Å². The van der Waals surface area contributed by atoms with E-state index in [2.05, 4.69) is 20.8 Å². The average molecular weight is 281 g/mol. The molecule has 0 radical (unpaired) electrons. The molecular formula is C15H15N5O. The van der Waals surface area contributed by atoms with Crippen molar-refractivity contribution in [3.8, 4) is 11.4 Å². The summed E-state index contributed by atoms with van der Waals surface area (Å²) >= 11 is 0. The van der Waals surface area contributed by atoms with Crippen LogP contribution in [0, 0.1) is 11.3 Å². The van der Waals surface area contributed by atoms with E-state index in [1.807, 2.05) is 28.9 Å². The summed E-state index contributed by atoms with van der Waals surface area (Å²) in [6, 6.07) is 8.23. The van der Waals surface area contributed by atoms with E-state index in [1.165, 1.54) is 0 Å². The summed E-state index contributed by atoms with van der Waals surface area (Å²) in [6.07, 6.45) is 4.41. The maximum atomic E-state index is 12.2. The molecule has 0 aliphatic heterocycles. The molecule has 0 bridgehead atoms. The third-order valence-corrected chi connectivity index (χ3v) is 4.90. The van der Waals surface area contributed by atoms with Gasteiger partial charge in [-0.05, 0) is 54.2 Å². The van der Waals surface area contributed by atoms with Crippen molar-refractivity contribution < 1.29 is 4.79 Å². The predicted octanol–water partition coefficient (Wildman–Crippen LogP) is 2.02. The smallest absolute Gasteiger partial charge is 0.230 e. The Labute approximate surface area is 121 Å².